The molecule has 146 valence electrons. The summed E-state index contributed by atoms with van der Waals surface area (Å²) in [6.45, 7) is 4.11. The van der Waals surface area contributed by atoms with Crippen molar-refractivity contribution in [2.24, 2.45) is 0 Å². The van der Waals surface area contributed by atoms with Crippen LogP contribution in [0.25, 0.3) is 0 Å². The lowest BCUT2D eigenvalue weighted by Gasteiger charge is -2.07. The maximum atomic E-state index is 11.4. The second-order valence-electron chi connectivity index (χ2n) is 4.73. The molecule has 0 atom stereocenters. The number of nitrogens with zero attached hydrogens (tertiary/aromatic N) is 2. The van der Waals surface area contributed by atoms with Crippen LogP contribution in [-0.4, -0.2) is 42.2 Å². The average Bonchev–Trinajstić information content (AvgIpc) is 2.62. The van der Waals surface area contributed by atoms with Gasteiger partial charge in [0.25, 0.3) is 0 Å². The van der Waals surface area contributed by atoms with Crippen molar-refractivity contribution in [3.8, 4) is 0 Å². The molecule has 0 aliphatic carbocycles. The predicted molar refractivity (Wildman–Crippen MR) is 105 cm³/mol. The lowest BCUT2D eigenvalue weighted by molar-refractivity contribution is 0.0517. The summed E-state index contributed by atoms with van der Waals surface area (Å²) in [7, 11) is 1.70. The fourth-order valence-corrected chi connectivity index (χ4v) is 2.38. The van der Waals surface area contributed by atoms with Crippen LogP contribution in [0.1, 0.15) is 34.6 Å². The summed E-state index contributed by atoms with van der Waals surface area (Å²) >= 11 is 17.0. The van der Waals surface area contributed by atoms with Gasteiger partial charge in [0.05, 0.1) is 29.5 Å². The Balaban J connectivity index is 0.000000271. The standard InChI is InChI=1S/C9H11ClN2O2.C8H7Cl2NO2/c1-3-14-9(13)6-5-12-8(10)4-7(6)11-2;1-2-13-8(12)5-4-11-7(10)3-6(5)9/h4-5H,3H2,1-2H3,(H,11,12);3-4H,2H2,1H3. The Morgan fingerprint density at radius 1 is 0.926 bits per heavy atom. The quantitative estimate of drug-likeness (QED) is 0.546. The Bertz CT molecular complexity index is 803. The normalized spacial score (nSPS) is 9.70. The highest BCUT2D eigenvalue weighted by molar-refractivity contribution is 6.36. The molecule has 0 radical (unpaired) electrons. The van der Waals surface area contributed by atoms with E-state index in [0.717, 1.165) is 0 Å². The maximum absolute atomic E-state index is 11.4. The minimum atomic E-state index is -0.489. The number of ether oxygens (including phenoxy) is 2. The number of anilines is 1. The van der Waals surface area contributed by atoms with Crippen molar-refractivity contribution in [3.05, 3.63) is 51.0 Å². The molecular weight excluding hydrogens is 417 g/mol. The molecule has 0 fully saturated rings. The second kappa shape index (κ2) is 11.6. The Kier molecular flexibility index (Phi) is 9.85. The van der Waals surface area contributed by atoms with Crippen LogP contribution in [0.3, 0.4) is 0 Å². The second-order valence-corrected chi connectivity index (χ2v) is 5.91. The van der Waals surface area contributed by atoms with E-state index in [2.05, 4.69) is 15.3 Å². The van der Waals surface area contributed by atoms with Crippen molar-refractivity contribution >= 4 is 52.4 Å². The number of esters is 2. The molecule has 7 nitrogen and oxygen atoms in total. The zero-order valence-corrected chi connectivity index (χ0v) is 17.2. The molecule has 0 aromatic carbocycles. The van der Waals surface area contributed by atoms with Crippen LogP contribution >= 0.6 is 34.8 Å². The summed E-state index contributed by atoms with van der Waals surface area (Å²) in [5, 5.41) is 3.68. The smallest absolute Gasteiger partial charge is 0.341 e. The van der Waals surface area contributed by atoms with Crippen LogP contribution in [0, 0.1) is 0 Å². The number of nitrogens with one attached hydrogen (secondary N) is 1. The van der Waals surface area contributed by atoms with Gasteiger partial charge in [-0.2, -0.15) is 0 Å². The third-order valence-corrected chi connectivity index (χ3v) is 3.68. The molecule has 2 aromatic heterocycles. The zero-order chi connectivity index (χ0) is 20.4. The first-order valence-corrected chi connectivity index (χ1v) is 8.95. The van der Waals surface area contributed by atoms with Gasteiger partial charge >= 0.3 is 11.9 Å². The highest BCUT2D eigenvalue weighted by Gasteiger charge is 2.13. The van der Waals surface area contributed by atoms with Gasteiger partial charge in [-0.05, 0) is 26.0 Å². The van der Waals surface area contributed by atoms with E-state index in [9.17, 15) is 9.59 Å². The van der Waals surface area contributed by atoms with E-state index in [0.29, 0.717) is 29.6 Å². The van der Waals surface area contributed by atoms with Gasteiger partial charge in [0.15, 0.2) is 0 Å². The van der Waals surface area contributed by atoms with E-state index < -0.39 is 11.9 Å². The first kappa shape index (κ1) is 23.0. The van der Waals surface area contributed by atoms with Gasteiger partial charge in [-0.15, -0.1) is 0 Å². The summed E-state index contributed by atoms with van der Waals surface area (Å²) in [4.78, 5) is 30.1. The Morgan fingerprint density at radius 2 is 1.41 bits per heavy atom. The molecule has 27 heavy (non-hydrogen) atoms. The van der Waals surface area contributed by atoms with E-state index in [1.807, 2.05) is 0 Å². The van der Waals surface area contributed by atoms with Gasteiger partial charge in [0.1, 0.15) is 15.9 Å². The molecule has 0 unspecified atom stereocenters. The molecule has 0 saturated heterocycles. The number of aromatic nitrogens is 2. The molecule has 10 heteroatoms. The van der Waals surface area contributed by atoms with Gasteiger partial charge in [-0.3, -0.25) is 0 Å². The number of pyridine rings is 2. The third-order valence-electron chi connectivity index (χ3n) is 2.95. The Morgan fingerprint density at radius 3 is 1.89 bits per heavy atom. The van der Waals surface area contributed by atoms with Gasteiger partial charge in [-0.25, -0.2) is 19.6 Å². The molecule has 0 saturated carbocycles. The van der Waals surface area contributed by atoms with Gasteiger partial charge in [-0.1, -0.05) is 34.8 Å². The van der Waals surface area contributed by atoms with Crippen LogP contribution in [0.15, 0.2) is 24.5 Å². The van der Waals surface area contributed by atoms with Crippen LogP contribution in [0.5, 0.6) is 0 Å². The topological polar surface area (TPSA) is 90.4 Å². The van der Waals surface area contributed by atoms with Crippen molar-refractivity contribution in [2.75, 3.05) is 25.6 Å². The van der Waals surface area contributed by atoms with E-state index in [-0.39, 0.29) is 15.7 Å². The number of carbonyl (C=O) groups is 2. The summed E-state index contributed by atoms with van der Waals surface area (Å²) in [5.41, 5.74) is 1.23. The van der Waals surface area contributed by atoms with Crippen molar-refractivity contribution < 1.29 is 19.1 Å². The van der Waals surface area contributed by atoms with E-state index >= 15 is 0 Å². The highest BCUT2D eigenvalue weighted by Crippen LogP contribution is 2.19. The molecule has 2 rings (SSSR count). The SMILES string of the molecule is CCOC(=O)c1cnc(Cl)cc1Cl.CCOC(=O)c1cnc(Cl)cc1NC. The number of hydrogen-bond acceptors (Lipinski definition) is 7. The Labute approximate surface area is 171 Å². The monoisotopic (exact) mass is 433 g/mol. The minimum Gasteiger partial charge on any atom is -0.462 e. The maximum Gasteiger partial charge on any atom is 0.341 e. The van der Waals surface area contributed by atoms with E-state index in [1.54, 1.807) is 27.0 Å². The molecule has 0 amide bonds. The molecular formula is C17H18Cl3N3O4. The van der Waals surface area contributed by atoms with Gasteiger partial charge in [0.2, 0.25) is 0 Å². The van der Waals surface area contributed by atoms with Gasteiger partial charge < -0.3 is 14.8 Å². The highest BCUT2D eigenvalue weighted by atomic mass is 35.5. The largest absolute Gasteiger partial charge is 0.462 e. The first-order chi connectivity index (χ1) is 12.8. The van der Waals surface area contributed by atoms with Crippen LogP contribution in [0.2, 0.25) is 15.3 Å². The molecule has 0 bridgehead atoms. The lowest BCUT2D eigenvalue weighted by Crippen LogP contribution is -2.08. The van der Waals surface area contributed by atoms with Crippen LogP contribution in [0.4, 0.5) is 5.69 Å². The number of halogens is 3. The van der Waals surface area contributed by atoms with Crippen molar-refractivity contribution in [1.29, 1.82) is 0 Å². The van der Waals surface area contributed by atoms with Crippen molar-refractivity contribution in [2.45, 2.75) is 13.8 Å². The van der Waals surface area contributed by atoms with Crippen LogP contribution in [-0.2, 0) is 9.47 Å². The molecule has 0 spiro atoms. The average molecular weight is 435 g/mol. The minimum absolute atomic E-state index is 0.230. The third kappa shape index (κ3) is 7.21. The lowest BCUT2D eigenvalue weighted by atomic mass is 10.2. The molecule has 0 aliphatic rings. The number of carbonyl (C=O) groups excluding carboxylic acids is 2. The summed E-state index contributed by atoms with van der Waals surface area (Å²) < 4.78 is 9.59. The summed E-state index contributed by atoms with van der Waals surface area (Å²) in [5.74, 6) is -0.891. The van der Waals surface area contributed by atoms with E-state index in [1.165, 1.54) is 18.5 Å². The van der Waals surface area contributed by atoms with Crippen LogP contribution < -0.4 is 5.32 Å². The van der Waals surface area contributed by atoms with Crippen molar-refractivity contribution in [3.63, 3.8) is 0 Å². The molecule has 0 aliphatic heterocycles. The number of rotatable bonds is 5. The number of hydrogen-bond donors (Lipinski definition) is 1. The fourth-order valence-electron chi connectivity index (χ4n) is 1.77. The Hall–Kier alpha value is -2.09. The predicted octanol–water partition coefficient (Wildman–Crippen LogP) is 4.52. The molecule has 1 N–H and O–H groups in total. The molecule has 2 aromatic rings. The molecule has 2 heterocycles. The fraction of sp³-hybridized carbons (Fsp3) is 0.294. The summed E-state index contributed by atoms with van der Waals surface area (Å²) in [6, 6.07) is 2.98. The zero-order valence-electron chi connectivity index (χ0n) is 14.9. The van der Waals surface area contributed by atoms with Crippen molar-refractivity contribution in [1.82, 2.24) is 9.97 Å². The van der Waals surface area contributed by atoms with Gasteiger partial charge in [0, 0.05) is 19.4 Å². The first-order valence-electron chi connectivity index (χ1n) is 7.82. The summed E-state index contributed by atoms with van der Waals surface area (Å²) in [6.07, 6.45) is 2.69. The van der Waals surface area contributed by atoms with E-state index in [4.69, 9.17) is 44.3 Å².